The predicted molar refractivity (Wildman–Crippen MR) is 86.8 cm³/mol. The minimum Gasteiger partial charge on any atom is -0.374 e. The zero-order chi connectivity index (χ0) is 17.1. The fourth-order valence-corrected chi connectivity index (χ4v) is 2.75. The van der Waals surface area contributed by atoms with E-state index in [1.807, 2.05) is 6.92 Å². The van der Waals surface area contributed by atoms with Crippen LogP contribution in [0.3, 0.4) is 0 Å². The van der Waals surface area contributed by atoms with Crippen molar-refractivity contribution in [1.82, 2.24) is 14.6 Å². The molecule has 3 rings (SSSR count). The summed E-state index contributed by atoms with van der Waals surface area (Å²) in [6.07, 6.45) is 1.28. The second-order valence-corrected chi connectivity index (χ2v) is 5.81. The smallest absolute Gasteiger partial charge is 0.298 e. The van der Waals surface area contributed by atoms with Crippen molar-refractivity contribution in [2.45, 2.75) is 13.5 Å². The van der Waals surface area contributed by atoms with E-state index in [1.165, 1.54) is 41.8 Å². The number of carbonyl (C=O) groups is 1. The van der Waals surface area contributed by atoms with Crippen LogP contribution in [-0.4, -0.2) is 27.1 Å². The molecule has 0 radical (unpaired) electrons. The van der Waals surface area contributed by atoms with Crippen molar-refractivity contribution >= 4 is 27.9 Å². The number of halogens is 1. The van der Waals surface area contributed by atoms with Crippen LogP contribution in [0.2, 0.25) is 0 Å². The van der Waals surface area contributed by atoms with E-state index in [-0.39, 0.29) is 11.3 Å². The summed E-state index contributed by atoms with van der Waals surface area (Å²) in [6.45, 7) is 2.69. The fourth-order valence-electron chi connectivity index (χ4n) is 1.95. The third-order valence-corrected chi connectivity index (χ3v) is 4.01. The Morgan fingerprint density at radius 1 is 1.38 bits per heavy atom. The van der Waals surface area contributed by atoms with Crippen molar-refractivity contribution < 1.29 is 13.9 Å². The van der Waals surface area contributed by atoms with Crippen molar-refractivity contribution in [1.29, 1.82) is 0 Å². The molecule has 24 heavy (non-hydrogen) atoms. The first-order chi connectivity index (χ1) is 11.6. The molecule has 9 heteroatoms. The van der Waals surface area contributed by atoms with Gasteiger partial charge in [-0.2, -0.15) is 9.61 Å². The van der Waals surface area contributed by atoms with Crippen molar-refractivity contribution in [2.75, 3.05) is 11.9 Å². The number of anilines is 1. The first-order valence-corrected chi connectivity index (χ1v) is 7.92. The Morgan fingerprint density at radius 3 is 2.83 bits per heavy atom. The monoisotopic (exact) mass is 348 g/mol. The van der Waals surface area contributed by atoms with Gasteiger partial charge in [-0.25, -0.2) is 9.37 Å². The summed E-state index contributed by atoms with van der Waals surface area (Å²) in [5.41, 5.74) is -0.263. The fraction of sp³-hybridized carbons (Fsp3) is 0.200. The van der Waals surface area contributed by atoms with Crippen molar-refractivity contribution in [3.8, 4) is 0 Å². The lowest BCUT2D eigenvalue weighted by molar-refractivity contribution is 0.102. The lowest BCUT2D eigenvalue weighted by Crippen LogP contribution is -2.23. The van der Waals surface area contributed by atoms with Gasteiger partial charge in [-0.15, -0.1) is 0 Å². The lowest BCUT2D eigenvalue weighted by atomic mass is 10.2. The van der Waals surface area contributed by atoms with E-state index in [0.29, 0.717) is 23.2 Å². The molecular formula is C15H13FN4O3S. The number of aromatic nitrogens is 3. The summed E-state index contributed by atoms with van der Waals surface area (Å²) in [7, 11) is 0. The highest BCUT2D eigenvalue weighted by molar-refractivity contribution is 7.16. The van der Waals surface area contributed by atoms with Gasteiger partial charge in [0.15, 0.2) is 0 Å². The van der Waals surface area contributed by atoms with E-state index >= 15 is 0 Å². The molecule has 0 fully saturated rings. The standard InChI is InChI=1S/C15H13FN4O3S/c1-2-23-8-12-19-20-14(22)11(7-17-15(20)24-12)18-13(21)9-3-5-10(16)6-4-9/h3-7H,2,8H2,1H3,(H,18,21). The molecule has 0 aliphatic heterocycles. The van der Waals surface area contributed by atoms with Crippen LogP contribution in [0.25, 0.3) is 4.96 Å². The van der Waals surface area contributed by atoms with Gasteiger partial charge in [-0.1, -0.05) is 11.3 Å². The van der Waals surface area contributed by atoms with Gasteiger partial charge in [0.2, 0.25) is 4.96 Å². The van der Waals surface area contributed by atoms with E-state index in [0.717, 1.165) is 4.52 Å². The van der Waals surface area contributed by atoms with Crippen LogP contribution < -0.4 is 10.9 Å². The number of nitrogens with zero attached hydrogens (tertiary/aromatic N) is 3. The van der Waals surface area contributed by atoms with E-state index in [1.54, 1.807) is 0 Å². The topological polar surface area (TPSA) is 85.6 Å². The number of ether oxygens (including phenoxy) is 1. The number of hydrogen-bond donors (Lipinski definition) is 1. The van der Waals surface area contributed by atoms with E-state index < -0.39 is 17.3 Å². The summed E-state index contributed by atoms with van der Waals surface area (Å²) in [5, 5.41) is 7.22. The molecule has 124 valence electrons. The normalized spacial score (nSPS) is 10.9. The Hall–Kier alpha value is -2.65. The van der Waals surface area contributed by atoms with Crippen LogP contribution in [0.5, 0.6) is 0 Å². The quantitative estimate of drug-likeness (QED) is 0.763. The number of amides is 1. The average molecular weight is 348 g/mol. The molecule has 0 aliphatic rings. The van der Waals surface area contributed by atoms with Crippen LogP contribution in [0, 0.1) is 5.82 Å². The zero-order valence-corrected chi connectivity index (χ0v) is 13.5. The molecule has 0 aliphatic carbocycles. The zero-order valence-electron chi connectivity index (χ0n) is 12.7. The molecule has 2 heterocycles. The number of rotatable bonds is 5. The molecule has 0 saturated heterocycles. The van der Waals surface area contributed by atoms with Gasteiger partial charge in [0.25, 0.3) is 11.5 Å². The Morgan fingerprint density at radius 2 is 2.12 bits per heavy atom. The second kappa shape index (κ2) is 6.85. The molecule has 1 amide bonds. The highest BCUT2D eigenvalue weighted by Crippen LogP contribution is 2.13. The molecule has 0 bridgehead atoms. The minimum absolute atomic E-state index is 0.00455. The first-order valence-electron chi connectivity index (χ1n) is 7.11. The van der Waals surface area contributed by atoms with Gasteiger partial charge in [-0.05, 0) is 31.2 Å². The van der Waals surface area contributed by atoms with Crippen LogP contribution in [0.4, 0.5) is 10.1 Å². The average Bonchev–Trinajstić information content (AvgIpc) is 3.00. The molecule has 0 spiro atoms. The van der Waals surface area contributed by atoms with Crippen molar-refractivity contribution in [3.63, 3.8) is 0 Å². The number of carbonyl (C=O) groups excluding carboxylic acids is 1. The molecule has 0 unspecified atom stereocenters. The first kappa shape index (κ1) is 16.2. The SMILES string of the molecule is CCOCc1nn2c(=O)c(NC(=O)c3ccc(F)cc3)cnc2s1. The third-order valence-electron chi connectivity index (χ3n) is 3.11. The summed E-state index contributed by atoms with van der Waals surface area (Å²) in [5.74, 6) is -0.974. The lowest BCUT2D eigenvalue weighted by Gasteiger charge is -2.04. The summed E-state index contributed by atoms with van der Waals surface area (Å²) in [6, 6.07) is 5.00. The summed E-state index contributed by atoms with van der Waals surface area (Å²) < 4.78 is 19.3. The maximum Gasteiger partial charge on any atom is 0.298 e. The van der Waals surface area contributed by atoms with Crippen molar-refractivity contribution in [3.05, 3.63) is 57.2 Å². The number of nitrogens with one attached hydrogen (secondary N) is 1. The van der Waals surface area contributed by atoms with Gasteiger partial charge in [0, 0.05) is 12.2 Å². The molecule has 7 nitrogen and oxygen atoms in total. The Kier molecular flexibility index (Phi) is 4.63. The number of benzene rings is 1. The van der Waals surface area contributed by atoms with Gasteiger partial charge < -0.3 is 10.1 Å². The molecular weight excluding hydrogens is 335 g/mol. The third kappa shape index (κ3) is 3.31. The second-order valence-electron chi connectivity index (χ2n) is 4.77. The largest absolute Gasteiger partial charge is 0.374 e. The minimum atomic E-state index is -0.529. The van der Waals surface area contributed by atoms with Gasteiger partial charge in [-0.3, -0.25) is 9.59 Å². The Labute approximate surface area is 139 Å². The molecule has 1 N–H and O–H groups in total. The van der Waals surface area contributed by atoms with E-state index in [4.69, 9.17) is 4.74 Å². The van der Waals surface area contributed by atoms with Crippen LogP contribution in [-0.2, 0) is 11.3 Å². The Bertz CT molecular complexity index is 936. The molecule has 3 aromatic rings. The van der Waals surface area contributed by atoms with E-state index in [2.05, 4.69) is 15.4 Å². The summed E-state index contributed by atoms with van der Waals surface area (Å²) in [4.78, 5) is 29.0. The molecule has 1 aromatic carbocycles. The van der Waals surface area contributed by atoms with Gasteiger partial charge in [0.05, 0.1) is 6.20 Å². The van der Waals surface area contributed by atoms with Crippen molar-refractivity contribution in [2.24, 2.45) is 0 Å². The van der Waals surface area contributed by atoms with Gasteiger partial charge >= 0.3 is 0 Å². The predicted octanol–water partition coefficient (Wildman–Crippen LogP) is 2.08. The van der Waals surface area contributed by atoms with Gasteiger partial charge in [0.1, 0.15) is 23.1 Å². The molecule has 2 aromatic heterocycles. The highest BCUT2D eigenvalue weighted by Gasteiger charge is 2.13. The molecule has 0 atom stereocenters. The van der Waals surface area contributed by atoms with Crippen LogP contribution in [0.1, 0.15) is 22.3 Å². The number of hydrogen-bond acceptors (Lipinski definition) is 6. The van der Waals surface area contributed by atoms with Crippen LogP contribution >= 0.6 is 11.3 Å². The maximum absolute atomic E-state index is 12.9. The summed E-state index contributed by atoms with van der Waals surface area (Å²) >= 11 is 1.24. The highest BCUT2D eigenvalue weighted by atomic mass is 32.1. The van der Waals surface area contributed by atoms with Crippen LogP contribution in [0.15, 0.2) is 35.3 Å². The maximum atomic E-state index is 12.9. The van der Waals surface area contributed by atoms with E-state index in [9.17, 15) is 14.0 Å². The number of fused-ring (bicyclic) bond motifs is 1. The molecule has 0 saturated carbocycles. The Balaban J connectivity index is 1.87.